The highest BCUT2D eigenvalue weighted by Gasteiger charge is 2.50. The van der Waals surface area contributed by atoms with Gasteiger partial charge in [-0.1, -0.05) is 13.8 Å². The van der Waals surface area contributed by atoms with Crippen molar-refractivity contribution in [3.8, 4) is 17.2 Å². The Balaban J connectivity index is 1.78. The predicted octanol–water partition coefficient (Wildman–Crippen LogP) is 3.94. The van der Waals surface area contributed by atoms with E-state index in [1.165, 1.54) is 18.4 Å². The Hall–Kier alpha value is -1.38. The summed E-state index contributed by atoms with van der Waals surface area (Å²) >= 11 is 0. The molecule has 3 heteroatoms. The molecule has 1 aromatic carbocycles. The molecule has 2 atom stereocenters. The van der Waals surface area contributed by atoms with E-state index >= 15 is 0 Å². The molecule has 2 heterocycles. The standard InChI is InChI=1S/C17H22O3/c1-16(2)5-4-6-17(3)15(16)8-11-7-13-14(19-10-18-13)9-12(11)20-17/h7,9,15H,4-6,8,10H2,1-3H3/t15-,17-/m1/s1. The van der Waals surface area contributed by atoms with Crippen LogP contribution in [-0.2, 0) is 6.42 Å². The van der Waals surface area contributed by atoms with E-state index in [1.54, 1.807) is 0 Å². The predicted molar refractivity (Wildman–Crippen MR) is 76.4 cm³/mol. The van der Waals surface area contributed by atoms with E-state index in [9.17, 15) is 0 Å². The second-order valence-corrected chi connectivity index (χ2v) is 7.33. The van der Waals surface area contributed by atoms with Gasteiger partial charge in [-0.3, -0.25) is 0 Å². The molecule has 0 spiro atoms. The van der Waals surface area contributed by atoms with Gasteiger partial charge >= 0.3 is 0 Å². The van der Waals surface area contributed by atoms with E-state index in [-0.39, 0.29) is 5.60 Å². The molecule has 0 bridgehead atoms. The maximum absolute atomic E-state index is 6.45. The molecule has 1 aromatic rings. The number of hydrogen-bond donors (Lipinski definition) is 0. The molecule has 20 heavy (non-hydrogen) atoms. The van der Waals surface area contributed by atoms with Gasteiger partial charge in [-0.2, -0.15) is 0 Å². The van der Waals surface area contributed by atoms with Crippen LogP contribution >= 0.6 is 0 Å². The lowest BCUT2D eigenvalue weighted by molar-refractivity contribution is -0.0816. The summed E-state index contributed by atoms with van der Waals surface area (Å²) in [5, 5.41) is 0. The molecule has 0 saturated heterocycles. The zero-order chi connectivity index (χ0) is 14.0. The fourth-order valence-electron chi connectivity index (χ4n) is 4.38. The molecule has 4 rings (SSSR count). The van der Waals surface area contributed by atoms with Gasteiger partial charge in [-0.05, 0) is 49.7 Å². The highest BCUT2D eigenvalue weighted by molar-refractivity contribution is 5.53. The van der Waals surface area contributed by atoms with Crippen molar-refractivity contribution >= 4 is 0 Å². The van der Waals surface area contributed by atoms with E-state index in [0.29, 0.717) is 18.1 Å². The van der Waals surface area contributed by atoms with Crippen LogP contribution in [0.1, 0.15) is 45.6 Å². The molecular weight excluding hydrogens is 252 g/mol. The lowest BCUT2D eigenvalue weighted by atomic mass is 9.59. The lowest BCUT2D eigenvalue weighted by Crippen LogP contribution is -2.53. The highest BCUT2D eigenvalue weighted by atomic mass is 16.7. The van der Waals surface area contributed by atoms with E-state index in [2.05, 4.69) is 26.8 Å². The number of rotatable bonds is 0. The molecule has 0 amide bonds. The third-order valence-corrected chi connectivity index (χ3v) is 5.50. The number of ether oxygens (including phenoxy) is 3. The summed E-state index contributed by atoms with van der Waals surface area (Å²) in [6.45, 7) is 7.38. The van der Waals surface area contributed by atoms with Crippen molar-refractivity contribution in [2.24, 2.45) is 11.3 Å². The van der Waals surface area contributed by atoms with Gasteiger partial charge in [0.25, 0.3) is 0 Å². The zero-order valence-electron chi connectivity index (χ0n) is 12.5. The van der Waals surface area contributed by atoms with Crippen LogP contribution in [0.5, 0.6) is 17.2 Å². The topological polar surface area (TPSA) is 27.7 Å². The first-order chi connectivity index (χ1) is 9.48. The Bertz CT molecular complexity index is 564. The molecule has 1 aliphatic carbocycles. The Morgan fingerprint density at radius 1 is 1.00 bits per heavy atom. The van der Waals surface area contributed by atoms with E-state index in [1.807, 2.05) is 6.07 Å². The van der Waals surface area contributed by atoms with Crippen LogP contribution in [0.25, 0.3) is 0 Å². The molecule has 0 unspecified atom stereocenters. The van der Waals surface area contributed by atoms with Gasteiger partial charge in [-0.25, -0.2) is 0 Å². The van der Waals surface area contributed by atoms with Crippen molar-refractivity contribution in [3.63, 3.8) is 0 Å². The fraction of sp³-hybridized carbons (Fsp3) is 0.647. The van der Waals surface area contributed by atoms with Crippen molar-refractivity contribution in [1.82, 2.24) is 0 Å². The van der Waals surface area contributed by atoms with Crippen molar-refractivity contribution in [3.05, 3.63) is 17.7 Å². The van der Waals surface area contributed by atoms with Gasteiger partial charge in [0, 0.05) is 12.0 Å². The second kappa shape index (κ2) is 3.84. The molecule has 3 nitrogen and oxygen atoms in total. The minimum absolute atomic E-state index is 0.0392. The van der Waals surface area contributed by atoms with Crippen molar-refractivity contribution in [2.45, 2.75) is 52.1 Å². The molecular formula is C17H22O3. The van der Waals surface area contributed by atoms with Gasteiger partial charge in [0.2, 0.25) is 6.79 Å². The Labute approximate surface area is 120 Å². The molecule has 0 radical (unpaired) electrons. The molecule has 108 valence electrons. The average Bonchev–Trinajstić information content (AvgIpc) is 2.80. The molecule has 0 N–H and O–H groups in total. The third kappa shape index (κ3) is 1.65. The van der Waals surface area contributed by atoms with Crippen molar-refractivity contribution in [1.29, 1.82) is 0 Å². The van der Waals surface area contributed by atoms with Gasteiger partial charge in [-0.15, -0.1) is 0 Å². The summed E-state index contributed by atoms with van der Waals surface area (Å²) in [6, 6.07) is 4.13. The third-order valence-electron chi connectivity index (χ3n) is 5.50. The van der Waals surface area contributed by atoms with Crippen LogP contribution in [0.2, 0.25) is 0 Å². The molecule has 1 fully saturated rings. The fourth-order valence-corrected chi connectivity index (χ4v) is 4.38. The molecule has 3 aliphatic rings. The normalized spacial score (nSPS) is 33.0. The molecule has 0 aromatic heterocycles. The summed E-state index contributed by atoms with van der Waals surface area (Å²) in [4.78, 5) is 0. The summed E-state index contributed by atoms with van der Waals surface area (Å²) < 4.78 is 17.4. The average molecular weight is 274 g/mol. The first kappa shape index (κ1) is 12.4. The van der Waals surface area contributed by atoms with Crippen molar-refractivity contribution < 1.29 is 14.2 Å². The second-order valence-electron chi connectivity index (χ2n) is 7.33. The summed E-state index contributed by atoms with van der Waals surface area (Å²) in [6.07, 6.45) is 4.76. The SMILES string of the molecule is CC1(C)CCC[C@@]2(C)Oc3cc4c(cc3C[C@H]12)OCO4. The van der Waals surface area contributed by atoms with E-state index in [4.69, 9.17) is 14.2 Å². The van der Waals surface area contributed by atoms with E-state index in [0.717, 1.165) is 30.1 Å². The summed E-state index contributed by atoms with van der Waals surface area (Å²) in [7, 11) is 0. The quantitative estimate of drug-likeness (QED) is 0.717. The number of benzene rings is 1. The van der Waals surface area contributed by atoms with Gasteiger partial charge in [0.05, 0.1) is 0 Å². The van der Waals surface area contributed by atoms with E-state index < -0.39 is 0 Å². The Morgan fingerprint density at radius 2 is 1.75 bits per heavy atom. The van der Waals surface area contributed by atoms with Crippen LogP contribution < -0.4 is 14.2 Å². The molecule has 2 aliphatic heterocycles. The minimum Gasteiger partial charge on any atom is -0.487 e. The monoisotopic (exact) mass is 274 g/mol. The van der Waals surface area contributed by atoms with Crippen LogP contribution in [0.3, 0.4) is 0 Å². The maximum atomic E-state index is 6.45. The van der Waals surface area contributed by atoms with Gasteiger partial charge in [0.1, 0.15) is 11.4 Å². The van der Waals surface area contributed by atoms with Crippen LogP contribution in [0.4, 0.5) is 0 Å². The van der Waals surface area contributed by atoms with Crippen LogP contribution in [0, 0.1) is 11.3 Å². The zero-order valence-corrected chi connectivity index (χ0v) is 12.5. The largest absolute Gasteiger partial charge is 0.487 e. The number of fused-ring (bicyclic) bond motifs is 3. The molecule has 1 saturated carbocycles. The van der Waals surface area contributed by atoms with Crippen molar-refractivity contribution in [2.75, 3.05) is 6.79 Å². The summed E-state index contributed by atoms with van der Waals surface area (Å²) in [5.41, 5.74) is 1.57. The van der Waals surface area contributed by atoms with Gasteiger partial charge in [0.15, 0.2) is 11.5 Å². The number of hydrogen-bond acceptors (Lipinski definition) is 3. The first-order valence-electron chi connectivity index (χ1n) is 7.59. The Kier molecular flexibility index (Phi) is 2.37. The summed E-state index contributed by atoms with van der Waals surface area (Å²) in [5.74, 6) is 3.24. The van der Waals surface area contributed by atoms with Crippen LogP contribution in [-0.4, -0.2) is 12.4 Å². The smallest absolute Gasteiger partial charge is 0.231 e. The highest BCUT2D eigenvalue weighted by Crippen LogP contribution is 2.54. The first-order valence-corrected chi connectivity index (χ1v) is 7.59. The van der Waals surface area contributed by atoms with Crippen LogP contribution in [0.15, 0.2) is 12.1 Å². The van der Waals surface area contributed by atoms with Gasteiger partial charge < -0.3 is 14.2 Å². The minimum atomic E-state index is -0.0392. The lowest BCUT2D eigenvalue weighted by Gasteiger charge is -2.53. The maximum Gasteiger partial charge on any atom is 0.231 e. The Morgan fingerprint density at radius 3 is 2.55 bits per heavy atom.